The van der Waals surface area contributed by atoms with Crippen LogP contribution in [0.2, 0.25) is 0 Å². The number of fused-ring (bicyclic) bond motifs is 11. The first-order valence-corrected chi connectivity index (χ1v) is 25.5. The van der Waals surface area contributed by atoms with Crippen molar-refractivity contribution in [2.75, 3.05) is 4.90 Å². The van der Waals surface area contributed by atoms with Crippen LogP contribution in [0.15, 0.2) is 150 Å². The molecule has 2 aliphatic rings. The lowest BCUT2D eigenvalue weighted by Gasteiger charge is -2.42. The number of thiophene rings is 1. The van der Waals surface area contributed by atoms with Gasteiger partial charge in [0.25, 0.3) is 0 Å². The van der Waals surface area contributed by atoms with Crippen LogP contribution in [0.25, 0.3) is 87.2 Å². The Labute approximate surface area is 410 Å². The molecule has 0 bridgehead atoms. The van der Waals surface area contributed by atoms with Gasteiger partial charge >= 0.3 is 0 Å². The van der Waals surface area contributed by atoms with E-state index >= 15 is 0 Å². The maximum atomic E-state index is 7.19. The van der Waals surface area contributed by atoms with Gasteiger partial charge in [-0.2, -0.15) is 0 Å². The highest BCUT2D eigenvalue weighted by Crippen LogP contribution is 2.52. The van der Waals surface area contributed by atoms with Crippen molar-refractivity contribution >= 4 is 99.7 Å². The molecule has 0 unspecified atom stereocenters. The van der Waals surface area contributed by atoms with E-state index in [4.69, 9.17) is 4.42 Å². The van der Waals surface area contributed by atoms with Gasteiger partial charge in [0.15, 0.2) is 0 Å². The van der Waals surface area contributed by atoms with Gasteiger partial charge in [0, 0.05) is 59.6 Å². The minimum atomic E-state index is 0.0204. The monoisotopic (exact) mass is 911 g/mol. The van der Waals surface area contributed by atoms with Crippen LogP contribution in [0.4, 0.5) is 17.1 Å². The average Bonchev–Trinajstić information content (AvgIpc) is 4.02. The predicted molar refractivity (Wildman–Crippen MR) is 298 cm³/mol. The quantitative estimate of drug-likeness (QED) is 0.178. The molecular weight excluding hydrogens is 856 g/mol. The lowest BCUT2D eigenvalue weighted by atomic mass is 9.61. The second kappa shape index (κ2) is 14.8. The molecule has 337 valence electrons. The molecule has 0 fully saturated rings. The molecule has 11 aromatic rings. The summed E-state index contributed by atoms with van der Waals surface area (Å²) in [6.07, 6.45) is 2.35. The number of nitrogens with one attached hydrogen (secondary N) is 1. The van der Waals surface area contributed by atoms with E-state index in [0.29, 0.717) is 0 Å². The van der Waals surface area contributed by atoms with Crippen LogP contribution in [0.1, 0.15) is 89.1 Å². The second-order valence-corrected chi connectivity index (χ2v) is 23.5. The summed E-state index contributed by atoms with van der Waals surface area (Å²) in [5.41, 5.74) is 22.9. The largest absolute Gasteiger partial charge is 0.455 e. The fraction of sp³-hybridized carbons (Fsp3) is 0.219. The molecule has 69 heavy (non-hydrogen) atoms. The third-order valence-electron chi connectivity index (χ3n) is 16.0. The van der Waals surface area contributed by atoms with Crippen molar-refractivity contribution in [3.05, 3.63) is 173 Å². The summed E-state index contributed by atoms with van der Waals surface area (Å²) in [5, 5.41) is 5.95. The molecule has 1 aliphatic carbocycles. The lowest BCUT2D eigenvalue weighted by molar-refractivity contribution is 0.332. The molecule has 13 rings (SSSR count). The molecule has 0 amide bonds. The molecule has 3 nitrogen and oxygen atoms in total. The number of aromatic amines is 1. The van der Waals surface area contributed by atoms with E-state index in [1.54, 1.807) is 0 Å². The van der Waals surface area contributed by atoms with Gasteiger partial charge in [-0.1, -0.05) is 133 Å². The Bertz CT molecular complexity index is 3950. The number of anilines is 3. The maximum absolute atomic E-state index is 7.19. The molecule has 1 aliphatic heterocycles. The fourth-order valence-electron chi connectivity index (χ4n) is 11.9. The van der Waals surface area contributed by atoms with E-state index in [1.165, 1.54) is 94.2 Å². The average molecular weight is 912 g/mol. The summed E-state index contributed by atoms with van der Waals surface area (Å²) in [7, 11) is 2.50. The Hall–Kier alpha value is -6.82. The van der Waals surface area contributed by atoms with Gasteiger partial charge in [0.1, 0.15) is 11.2 Å². The van der Waals surface area contributed by atoms with Crippen molar-refractivity contribution in [3.63, 3.8) is 0 Å². The fourth-order valence-corrected chi connectivity index (χ4v) is 13.0. The van der Waals surface area contributed by atoms with Crippen molar-refractivity contribution in [1.29, 1.82) is 0 Å². The van der Waals surface area contributed by atoms with Crippen LogP contribution >= 0.6 is 11.3 Å². The first kappa shape index (κ1) is 42.3. The van der Waals surface area contributed by atoms with Gasteiger partial charge in [-0.05, 0) is 164 Å². The van der Waals surface area contributed by atoms with Crippen molar-refractivity contribution in [1.82, 2.24) is 4.98 Å². The summed E-state index contributed by atoms with van der Waals surface area (Å²) in [6, 6.07) is 54.8. The smallest absolute Gasteiger partial charge is 0.212 e. The van der Waals surface area contributed by atoms with E-state index in [-0.39, 0.29) is 16.2 Å². The SMILES string of the molecule is Cc1ccccc1-c1ccc2[nH]c3c(-c4c5c(cc6c4oc4ccccc46)N(c4ccc(C(C)(C)C)cc4)c4c(sc6cc7c(cc46)C(C)(C)CCC7(C)C)[B]5)cc(-c4ccccc4C)cc3c2c1. The zero-order chi connectivity index (χ0) is 47.3. The number of aryl methyl sites for hydroxylation is 2. The predicted octanol–water partition coefficient (Wildman–Crippen LogP) is 17.1. The number of para-hydroxylation sites is 1. The Balaban J connectivity index is 1.16. The molecule has 1 N–H and O–H groups in total. The number of hydrogen-bond donors (Lipinski definition) is 1. The van der Waals surface area contributed by atoms with Crippen molar-refractivity contribution in [2.24, 2.45) is 0 Å². The number of furan rings is 1. The van der Waals surface area contributed by atoms with E-state index < -0.39 is 0 Å². The minimum Gasteiger partial charge on any atom is -0.455 e. The molecule has 8 aromatic carbocycles. The van der Waals surface area contributed by atoms with Crippen molar-refractivity contribution in [2.45, 2.75) is 91.4 Å². The normalized spacial score (nSPS) is 15.2. The third-order valence-corrected chi connectivity index (χ3v) is 17.1. The molecular formula is C64H56BN2OS. The van der Waals surface area contributed by atoms with Crippen molar-refractivity contribution in [3.8, 4) is 33.4 Å². The zero-order valence-corrected chi connectivity index (χ0v) is 41.9. The second-order valence-electron chi connectivity index (χ2n) is 22.4. The Morgan fingerprint density at radius 1 is 0.609 bits per heavy atom. The lowest BCUT2D eigenvalue weighted by Crippen LogP contribution is -2.39. The standard InChI is InChI=1S/C64H56BN2OS/c1-36-16-10-12-18-42(36)38-22-27-52-45(30-38)46-31-39(43-19-13-11-17-37(43)2)32-49(58(46)66-52)56-57-53(34-47-44-20-14-15-21-54(44)68-60(47)56)67(41-25-23-40(24-26-41)62(3,4)5)59-48-33-50-51(35-55(48)69-61(59)65-57)64(8,9)29-28-63(50,6)7/h10-27,30-35,66H,28-29H2,1-9H3. The van der Waals surface area contributed by atoms with E-state index in [2.05, 4.69) is 225 Å². The van der Waals surface area contributed by atoms with Gasteiger partial charge in [-0.25, -0.2) is 0 Å². The zero-order valence-electron chi connectivity index (χ0n) is 41.1. The van der Waals surface area contributed by atoms with Gasteiger partial charge in [0.05, 0.1) is 11.2 Å². The molecule has 0 saturated carbocycles. The van der Waals surface area contributed by atoms with Gasteiger partial charge in [-0.3, -0.25) is 0 Å². The van der Waals surface area contributed by atoms with Crippen molar-refractivity contribution < 1.29 is 4.42 Å². The summed E-state index contributed by atoms with van der Waals surface area (Å²) in [5.74, 6) is 0. The molecule has 0 atom stereocenters. The first-order chi connectivity index (χ1) is 33.1. The topological polar surface area (TPSA) is 32.2 Å². The molecule has 0 spiro atoms. The van der Waals surface area contributed by atoms with Gasteiger partial charge in [0.2, 0.25) is 7.28 Å². The summed E-state index contributed by atoms with van der Waals surface area (Å²) >= 11 is 1.93. The summed E-state index contributed by atoms with van der Waals surface area (Å²) < 4.78 is 9.79. The van der Waals surface area contributed by atoms with Crippen LogP contribution in [0, 0.1) is 13.8 Å². The highest BCUT2D eigenvalue weighted by Gasteiger charge is 2.40. The molecule has 4 heterocycles. The van der Waals surface area contributed by atoms with Crippen LogP contribution in [0.5, 0.6) is 0 Å². The maximum Gasteiger partial charge on any atom is 0.212 e. The summed E-state index contributed by atoms with van der Waals surface area (Å²) in [4.78, 5) is 6.61. The van der Waals surface area contributed by atoms with Crippen LogP contribution in [0.3, 0.4) is 0 Å². The van der Waals surface area contributed by atoms with E-state index in [1.807, 2.05) is 11.3 Å². The highest BCUT2D eigenvalue weighted by atomic mass is 32.1. The van der Waals surface area contributed by atoms with Crippen LogP contribution in [-0.4, -0.2) is 12.3 Å². The van der Waals surface area contributed by atoms with Gasteiger partial charge in [-0.15, -0.1) is 11.3 Å². The van der Waals surface area contributed by atoms with E-state index in [0.717, 1.165) is 60.9 Å². The van der Waals surface area contributed by atoms with Crippen LogP contribution < -0.4 is 15.1 Å². The Morgan fingerprint density at radius 3 is 1.97 bits per heavy atom. The van der Waals surface area contributed by atoms with Crippen LogP contribution in [-0.2, 0) is 16.2 Å². The molecule has 3 aromatic heterocycles. The van der Waals surface area contributed by atoms with E-state index in [9.17, 15) is 0 Å². The Morgan fingerprint density at radius 2 is 1.26 bits per heavy atom. The molecule has 5 heteroatoms. The summed E-state index contributed by atoms with van der Waals surface area (Å²) in [6.45, 7) is 21.1. The number of H-pyrrole nitrogens is 1. The highest BCUT2D eigenvalue weighted by molar-refractivity contribution is 7.29. The number of nitrogens with zero attached hydrogens (tertiary/aromatic N) is 1. The number of aromatic nitrogens is 1. The number of hydrogen-bond acceptors (Lipinski definition) is 3. The third kappa shape index (κ3) is 6.46. The Kier molecular flexibility index (Phi) is 9.10. The minimum absolute atomic E-state index is 0.0204. The number of benzene rings is 8. The first-order valence-electron chi connectivity index (χ1n) is 24.7. The number of rotatable bonds is 4. The molecule has 1 radical (unpaired) electrons. The van der Waals surface area contributed by atoms with Gasteiger partial charge < -0.3 is 14.3 Å². The molecule has 0 saturated heterocycles.